The van der Waals surface area contributed by atoms with E-state index in [9.17, 15) is 9.59 Å². The summed E-state index contributed by atoms with van der Waals surface area (Å²) in [7, 11) is 5.63. The molecule has 0 aromatic heterocycles. The molecule has 0 saturated heterocycles. The van der Waals surface area contributed by atoms with Gasteiger partial charge in [0.15, 0.2) is 0 Å². The van der Waals surface area contributed by atoms with Crippen molar-refractivity contribution in [3.63, 3.8) is 0 Å². The minimum absolute atomic E-state index is 0.118. The van der Waals surface area contributed by atoms with Crippen molar-refractivity contribution in [2.45, 2.75) is 13.8 Å². The largest absolute Gasteiger partial charge is 0.481 e. The highest BCUT2D eigenvalue weighted by atomic mass is 16.4. The van der Waals surface area contributed by atoms with Crippen LogP contribution >= 0.6 is 0 Å². The molecule has 0 rings (SSSR count). The lowest BCUT2D eigenvalue weighted by Crippen LogP contribution is -2.45. The summed E-state index contributed by atoms with van der Waals surface area (Å²) in [5.74, 6) is -1.42. The molecule has 0 spiro atoms. The average Bonchev–Trinajstić information content (AvgIpc) is 2.31. The van der Waals surface area contributed by atoms with E-state index in [0.717, 1.165) is 6.54 Å². The molecule has 0 radical (unpaired) electrons. The first-order valence-corrected chi connectivity index (χ1v) is 6.17. The van der Waals surface area contributed by atoms with Gasteiger partial charge in [0, 0.05) is 33.2 Å². The van der Waals surface area contributed by atoms with Crippen LogP contribution < -0.4 is 0 Å². The maximum atomic E-state index is 12.1. The van der Waals surface area contributed by atoms with Gasteiger partial charge in [-0.15, -0.1) is 0 Å². The molecule has 0 fully saturated rings. The number of nitrogens with zero attached hydrogens (tertiary/aromatic N) is 3. The van der Waals surface area contributed by atoms with Gasteiger partial charge in [0.05, 0.1) is 5.92 Å². The van der Waals surface area contributed by atoms with Crippen LogP contribution in [0.25, 0.3) is 0 Å². The normalized spacial score (nSPS) is 12.3. The molecule has 0 saturated carbocycles. The molecule has 6 heteroatoms. The van der Waals surface area contributed by atoms with Crippen LogP contribution in [0.4, 0.5) is 4.79 Å². The maximum Gasteiger partial charge on any atom is 0.319 e. The summed E-state index contributed by atoms with van der Waals surface area (Å²) in [4.78, 5) is 28.1. The third kappa shape index (κ3) is 5.86. The average molecular weight is 259 g/mol. The zero-order chi connectivity index (χ0) is 14.3. The van der Waals surface area contributed by atoms with Gasteiger partial charge in [-0.1, -0.05) is 6.92 Å². The first-order chi connectivity index (χ1) is 8.29. The topological polar surface area (TPSA) is 64.1 Å². The van der Waals surface area contributed by atoms with Crippen LogP contribution in [0.15, 0.2) is 0 Å². The van der Waals surface area contributed by atoms with Crippen LogP contribution in [-0.4, -0.2) is 79.1 Å². The van der Waals surface area contributed by atoms with E-state index in [1.54, 1.807) is 23.8 Å². The van der Waals surface area contributed by atoms with Crippen molar-refractivity contribution in [3.8, 4) is 0 Å². The standard InChI is InChI=1S/C12H25N3O3/c1-6-15(9-10(2)11(16)17)12(18)14(5)8-7-13(3)4/h10H,6-9H2,1-5H3,(H,16,17). The monoisotopic (exact) mass is 259 g/mol. The fraction of sp³-hybridized carbons (Fsp3) is 0.833. The molecule has 2 amide bonds. The molecule has 1 N–H and O–H groups in total. The number of hydrogen-bond donors (Lipinski definition) is 1. The van der Waals surface area contributed by atoms with Crippen molar-refractivity contribution in [3.05, 3.63) is 0 Å². The summed E-state index contributed by atoms with van der Waals surface area (Å²) in [5, 5.41) is 8.86. The van der Waals surface area contributed by atoms with Crippen molar-refractivity contribution in [1.82, 2.24) is 14.7 Å². The van der Waals surface area contributed by atoms with Gasteiger partial charge >= 0.3 is 12.0 Å². The lowest BCUT2D eigenvalue weighted by molar-refractivity contribution is -0.141. The SMILES string of the molecule is CCN(CC(C)C(=O)O)C(=O)N(C)CCN(C)C. The number of carbonyl (C=O) groups excluding carboxylic acids is 1. The molecule has 0 bridgehead atoms. The Morgan fingerprint density at radius 1 is 1.17 bits per heavy atom. The van der Waals surface area contributed by atoms with E-state index in [-0.39, 0.29) is 12.6 Å². The number of amides is 2. The van der Waals surface area contributed by atoms with Crippen LogP contribution in [0.2, 0.25) is 0 Å². The lowest BCUT2D eigenvalue weighted by atomic mass is 10.2. The number of carboxylic acid groups (broad SMARTS) is 1. The zero-order valence-electron chi connectivity index (χ0n) is 12.0. The Morgan fingerprint density at radius 3 is 2.11 bits per heavy atom. The van der Waals surface area contributed by atoms with E-state index in [0.29, 0.717) is 13.1 Å². The summed E-state index contributed by atoms with van der Waals surface area (Å²) < 4.78 is 0. The molecule has 1 unspecified atom stereocenters. The molecule has 106 valence electrons. The first-order valence-electron chi connectivity index (χ1n) is 6.17. The predicted octanol–water partition coefficient (Wildman–Crippen LogP) is 0.642. The number of hydrogen-bond acceptors (Lipinski definition) is 3. The number of carboxylic acids is 1. The Kier molecular flexibility index (Phi) is 7.35. The number of urea groups is 1. The van der Waals surface area contributed by atoms with Crippen molar-refractivity contribution < 1.29 is 14.7 Å². The molecule has 18 heavy (non-hydrogen) atoms. The quantitative estimate of drug-likeness (QED) is 0.729. The van der Waals surface area contributed by atoms with Crippen molar-refractivity contribution in [1.29, 1.82) is 0 Å². The molecular weight excluding hydrogens is 234 g/mol. The summed E-state index contributed by atoms with van der Waals surface area (Å²) in [6.07, 6.45) is 0. The first kappa shape index (κ1) is 16.7. The van der Waals surface area contributed by atoms with E-state index in [1.165, 1.54) is 0 Å². The second-order valence-corrected chi connectivity index (χ2v) is 4.79. The molecule has 0 aromatic carbocycles. The van der Waals surface area contributed by atoms with Gasteiger partial charge in [0.25, 0.3) is 0 Å². The summed E-state index contributed by atoms with van der Waals surface area (Å²) in [6, 6.07) is -0.118. The molecule has 0 aliphatic carbocycles. The van der Waals surface area contributed by atoms with E-state index < -0.39 is 11.9 Å². The molecule has 1 atom stereocenters. The summed E-state index contributed by atoms with van der Waals surface area (Å²) in [6.45, 7) is 5.64. The number of carbonyl (C=O) groups is 2. The second kappa shape index (κ2) is 7.92. The molecule has 0 aliphatic rings. The Bertz CT molecular complexity index is 282. The van der Waals surface area contributed by atoms with E-state index in [2.05, 4.69) is 0 Å². The van der Waals surface area contributed by atoms with E-state index in [4.69, 9.17) is 5.11 Å². The summed E-state index contributed by atoms with van der Waals surface area (Å²) in [5.41, 5.74) is 0. The fourth-order valence-electron chi connectivity index (χ4n) is 1.44. The highest BCUT2D eigenvalue weighted by molar-refractivity contribution is 5.75. The van der Waals surface area contributed by atoms with Gasteiger partial charge < -0.3 is 19.8 Å². The van der Waals surface area contributed by atoms with Crippen LogP contribution in [0.3, 0.4) is 0 Å². The maximum absolute atomic E-state index is 12.1. The lowest BCUT2D eigenvalue weighted by Gasteiger charge is -2.29. The molecule has 0 heterocycles. The number of aliphatic carboxylic acids is 1. The van der Waals surface area contributed by atoms with E-state index in [1.807, 2.05) is 25.9 Å². The van der Waals surface area contributed by atoms with Gasteiger partial charge in [-0.3, -0.25) is 4.79 Å². The van der Waals surface area contributed by atoms with Crippen LogP contribution in [0.5, 0.6) is 0 Å². The van der Waals surface area contributed by atoms with Crippen molar-refractivity contribution >= 4 is 12.0 Å². The molecule has 0 aliphatic heterocycles. The minimum Gasteiger partial charge on any atom is -0.481 e. The van der Waals surface area contributed by atoms with Crippen LogP contribution in [0, 0.1) is 5.92 Å². The van der Waals surface area contributed by atoms with Gasteiger partial charge in [0.2, 0.25) is 0 Å². The predicted molar refractivity (Wildman–Crippen MR) is 70.6 cm³/mol. The Labute approximate surface area is 109 Å². The zero-order valence-corrected chi connectivity index (χ0v) is 12.0. The van der Waals surface area contributed by atoms with Gasteiger partial charge in [-0.2, -0.15) is 0 Å². The van der Waals surface area contributed by atoms with Crippen LogP contribution in [0.1, 0.15) is 13.8 Å². The van der Waals surface area contributed by atoms with Gasteiger partial charge in [-0.25, -0.2) is 4.79 Å². The van der Waals surface area contributed by atoms with Crippen molar-refractivity contribution in [2.24, 2.45) is 5.92 Å². The number of likely N-dealkylation sites (N-methyl/N-ethyl adjacent to an activating group) is 2. The Morgan fingerprint density at radius 2 is 1.72 bits per heavy atom. The number of rotatable bonds is 7. The summed E-state index contributed by atoms with van der Waals surface area (Å²) >= 11 is 0. The second-order valence-electron chi connectivity index (χ2n) is 4.79. The van der Waals surface area contributed by atoms with Gasteiger partial charge in [-0.05, 0) is 21.0 Å². The van der Waals surface area contributed by atoms with Crippen LogP contribution in [-0.2, 0) is 4.79 Å². The Balaban J connectivity index is 4.37. The molecule has 0 aromatic rings. The highest BCUT2D eigenvalue weighted by Crippen LogP contribution is 2.03. The Hall–Kier alpha value is -1.30. The smallest absolute Gasteiger partial charge is 0.319 e. The third-order valence-corrected chi connectivity index (χ3v) is 2.78. The highest BCUT2D eigenvalue weighted by Gasteiger charge is 2.21. The van der Waals surface area contributed by atoms with E-state index >= 15 is 0 Å². The third-order valence-electron chi connectivity index (χ3n) is 2.78. The molecule has 6 nitrogen and oxygen atoms in total. The molecular formula is C12H25N3O3. The van der Waals surface area contributed by atoms with Crippen molar-refractivity contribution in [2.75, 3.05) is 47.3 Å². The minimum atomic E-state index is -0.878. The van der Waals surface area contributed by atoms with Gasteiger partial charge in [0.1, 0.15) is 0 Å². The fourth-order valence-corrected chi connectivity index (χ4v) is 1.44.